The lowest BCUT2D eigenvalue weighted by atomic mass is 9.87. The third-order valence-electron chi connectivity index (χ3n) is 4.29. The summed E-state index contributed by atoms with van der Waals surface area (Å²) < 4.78 is 28.6. The number of benzene rings is 2. The lowest BCUT2D eigenvalue weighted by Crippen LogP contribution is -2.43. The maximum absolute atomic E-state index is 12.9. The molecule has 0 radical (unpaired) electrons. The molecule has 6 nitrogen and oxygen atoms in total. The number of hydrazone groups is 1. The summed E-state index contributed by atoms with van der Waals surface area (Å²) in [5, 5.41) is 7.47. The Labute approximate surface area is 154 Å². The molecule has 1 atom stereocenters. The Balaban J connectivity index is 1.80. The average molecular weight is 373 g/mol. The quantitative estimate of drug-likeness (QED) is 0.623. The topological polar surface area (TPSA) is 71.0 Å². The maximum atomic E-state index is 12.9. The lowest BCUT2D eigenvalue weighted by Gasteiger charge is -2.24. The van der Waals surface area contributed by atoms with Crippen LogP contribution in [-0.4, -0.2) is 29.8 Å². The third kappa shape index (κ3) is 3.64. The van der Waals surface area contributed by atoms with Crippen molar-refractivity contribution >= 4 is 18.2 Å². The highest BCUT2D eigenvalue weighted by Gasteiger charge is 2.51. The van der Waals surface area contributed by atoms with Gasteiger partial charge in [0.1, 0.15) is 11.3 Å². The van der Waals surface area contributed by atoms with E-state index in [-0.39, 0.29) is 5.75 Å². The summed E-state index contributed by atoms with van der Waals surface area (Å²) in [6, 6.07) is 14.0. The molecule has 3 amide bonds. The molecular weight excluding hydrogens is 356 g/mol. The number of nitrogens with one attached hydrogen (secondary N) is 1. The Kier molecular flexibility index (Phi) is 5.16. The van der Waals surface area contributed by atoms with Gasteiger partial charge in [0.2, 0.25) is 0 Å². The van der Waals surface area contributed by atoms with Crippen molar-refractivity contribution in [3.63, 3.8) is 0 Å². The van der Waals surface area contributed by atoms with Crippen LogP contribution >= 0.6 is 0 Å². The number of rotatable bonds is 6. The summed E-state index contributed by atoms with van der Waals surface area (Å²) in [5.74, 6) is -0.471. The first kappa shape index (κ1) is 18.5. The molecule has 0 saturated carbocycles. The largest absolute Gasteiger partial charge is 0.435 e. The standard InChI is InChI=1S/C19H17F2N3O3/c1-2-19(14-6-4-3-5-7-14)16(25)24(18(26)23-19)22-12-13-8-10-15(11-9-13)27-17(20)21/h3-12,17H,2H2,1H3,(H,23,26)/b22-12-/t19-/m0/s1. The van der Waals surface area contributed by atoms with Gasteiger partial charge in [-0.3, -0.25) is 4.79 Å². The number of ether oxygens (including phenoxy) is 1. The SMILES string of the molecule is CC[C@@]1(c2ccccc2)NC(=O)N(/N=C\c2ccc(OC(F)F)cc2)C1=O. The zero-order chi connectivity index (χ0) is 19.4. The molecule has 0 aromatic heterocycles. The molecule has 1 saturated heterocycles. The fourth-order valence-electron chi connectivity index (χ4n) is 2.89. The molecule has 1 aliphatic heterocycles. The zero-order valence-corrected chi connectivity index (χ0v) is 14.4. The van der Waals surface area contributed by atoms with Gasteiger partial charge >= 0.3 is 12.6 Å². The van der Waals surface area contributed by atoms with Crippen molar-refractivity contribution in [2.45, 2.75) is 25.5 Å². The summed E-state index contributed by atoms with van der Waals surface area (Å²) in [4.78, 5) is 25.2. The number of hydrogen-bond acceptors (Lipinski definition) is 4. The van der Waals surface area contributed by atoms with Crippen molar-refractivity contribution < 1.29 is 23.1 Å². The van der Waals surface area contributed by atoms with E-state index in [0.717, 1.165) is 5.01 Å². The highest BCUT2D eigenvalue weighted by atomic mass is 19.3. The summed E-state index contributed by atoms with van der Waals surface area (Å²) >= 11 is 0. The number of amides is 3. The van der Waals surface area contributed by atoms with Gasteiger partial charge in [-0.05, 0) is 41.8 Å². The molecule has 0 spiro atoms. The number of urea groups is 1. The highest BCUT2D eigenvalue weighted by Crippen LogP contribution is 2.32. The predicted octanol–water partition coefficient (Wildman–Crippen LogP) is 3.48. The number of nitrogens with zero attached hydrogens (tertiary/aromatic N) is 2. The molecule has 1 fully saturated rings. The van der Waals surface area contributed by atoms with Gasteiger partial charge in [-0.25, -0.2) is 4.79 Å². The maximum Gasteiger partial charge on any atom is 0.387 e. The van der Waals surface area contributed by atoms with Crippen molar-refractivity contribution in [2.24, 2.45) is 5.10 Å². The first-order valence-electron chi connectivity index (χ1n) is 8.27. The Hall–Kier alpha value is -3.29. The van der Waals surface area contributed by atoms with Gasteiger partial charge in [0, 0.05) is 0 Å². The van der Waals surface area contributed by atoms with Gasteiger partial charge in [0.25, 0.3) is 5.91 Å². The summed E-state index contributed by atoms with van der Waals surface area (Å²) in [7, 11) is 0. The van der Waals surface area contributed by atoms with Crippen LogP contribution < -0.4 is 10.1 Å². The van der Waals surface area contributed by atoms with Crippen LogP contribution in [0.25, 0.3) is 0 Å². The van der Waals surface area contributed by atoms with Crippen molar-refractivity contribution in [1.82, 2.24) is 10.3 Å². The van der Waals surface area contributed by atoms with Crippen LogP contribution in [0.1, 0.15) is 24.5 Å². The summed E-state index contributed by atoms with van der Waals surface area (Å²) in [5.41, 5.74) is 0.0351. The molecule has 2 aromatic carbocycles. The minimum absolute atomic E-state index is 0.00576. The second kappa shape index (κ2) is 7.53. The first-order valence-corrected chi connectivity index (χ1v) is 8.27. The Morgan fingerprint density at radius 2 is 1.81 bits per heavy atom. The number of halogens is 2. The monoisotopic (exact) mass is 373 g/mol. The van der Waals surface area contributed by atoms with Gasteiger partial charge in [0.05, 0.1) is 6.21 Å². The molecule has 0 aliphatic carbocycles. The predicted molar refractivity (Wildman–Crippen MR) is 94.5 cm³/mol. The highest BCUT2D eigenvalue weighted by molar-refractivity contribution is 6.07. The molecule has 1 heterocycles. The molecular formula is C19H17F2N3O3. The van der Waals surface area contributed by atoms with E-state index >= 15 is 0 Å². The minimum atomic E-state index is -2.91. The Bertz CT molecular complexity index is 856. The average Bonchev–Trinajstić information content (AvgIpc) is 2.92. The number of alkyl halides is 2. The molecule has 8 heteroatoms. The Morgan fingerprint density at radius 1 is 1.15 bits per heavy atom. The van der Waals surface area contributed by atoms with Crippen molar-refractivity contribution in [1.29, 1.82) is 0 Å². The number of carbonyl (C=O) groups is 2. The van der Waals surface area contributed by atoms with Crippen LogP contribution in [0.5, 0.6) is 5.75 Å². The minimum Gasteiger partial charge on any atom is -0.435 e. The van der Waals surface area contributed by atoms with Gasteiger partial charge in [-0.2, -0.15) is 13.9 Å². The van der Waals surface area contributed by atoms with E-state index in [1.54, 1.807) is 31.2 Å². The van der Waals surface area contributed by atoms with E-state index in [4.69, 9.17) is 0 Å². The van der Waals surface area contributed by atoms with Crippen molar-refractivity contribution in [3.05, 3.63) is 65.7 Å². The van der Waals surface area contributed by atoms with Crippen molar-refractivity contribution in [2.75, 3.05) is 0 Å². The van der Waals surface area contributed by atoms with E-state index in [9.17, 15) is 18.4 Å². The fraction of sp³-hybridized carbons (Fsp3) is 0.211. The van der Waals surface area contributed by atoms with E-state index in [1.807, 2.05) is 6.07 Å². The van der Waals surface area contributed by atoms with Gasteiger partial charge in [-0.15, -0.1) is 5.01 Å². The van der Waals surface area contributed by atoms with Crippen LogP contribution in [0.2, 0.25) is 0 Å². The smallest absolute Gasteiger partial charge is 0.387 e. The van der Waals surface area contributed by atoms with Crippen LogP contribution in [0.15, 0.2) is 59.7 Å². The van der Waals surface area contributed by atoms with E-state index in [0.29, 0.717) is 17.5 Å². The van der Waals surface area contributed by atoms with Crippen LogP contribution in [-0.2, 0) is 10.3 Å². The van der Waals surface area contributed by atoms with Crippen LogP contribution in [0.4, 0.5) is 13.6 Å². The molecule has 1 N–H and O–H groups in total. The van der Waals surface area contributed by atoms with Crippen LogP contribution in [0, 0.1) is 0 Å². The Morgan fingerprint density at radius 3 is 2.41 bits per heavy atom. The normalized spacial score (nSPS) is 19.8. The van der Waals surface area contributed by atoms with E-state index in [2.05, 4.69) is 15.2 Å². The van der Waals surface area contributed by atoms with Crippen LogP contribution in [0.3, 0.4) is 0 Å². The summed E-state index contributed by atoms with van der Waals surface area (Å²) in [6.07, 6.45) is 1.67. The van der Waals surface area contributed by atoms with Gasteiger partial charge in [0.15, 0.2) is 0 Å². The first-order chi connectivity index (χ1) is 13.0. The molecule has 0 bridgehead atoms. The number of hydrogen-bond donors (Lipinski definition) is 1. The number of imide groups is 1. The molecule has 1 aliphatic rings. The molecule has 27 heavy (non-hydrogen) atoms. The third-order valence-corrected chi connectivity index (χ3v) is 4.29. The lowest BCUT2D eigenvalue weighted by molar-refractivity contribution is -0.131. The van der Waals surface area contributed by atoms with E-state index in [1.165, 1.54) is 30.5 Å². The second-order valence-corrected chi connectivity index (χ2v) is 5.86. The molecule has 3 rings (SSSR count). The molecule has 2 aromatic rings. The van der Waals surface area contributed by atoms with Gasteiger partial charge < -0.3 is 10.1 Å². The fourth-order valence-corrected chi connectivity index (χ4v) is 2.89. The summed E-state index contributed by atoms with van der Waals surface area (Å²) in [6.45, 7) is -1.10. The molecule has 0 unspecified atom stereocenters. The van der Waals surface area contributed by atoms with Gasteiger partial charge in [-0.1, -0.05) is 37.3 Å². The zero-order valence-electron chi connectivity index (χ0n) is 14.4. The second-order valence-electron chi connectivity index (χ2n) is 5.86. The number of carbonyl (C=O) groups excluding carboxylic acids is 2. The molecule has 140 valence electrons. The van der Waals surface area contributed by atoms with Crippen molar-refractivity contribution in [3.8, 4) is 5.75 Å². The van der Waals surface area contributed by atoms with E-state index < -0.39 is 24.1 Å².